The van der Waals surface area contributed by atoms with Crippen molar-refractivity contribution in [3.63, 3.8) is 0 Å². The zero-order valence-corrected chi connectivity index (χ0v) is 16.2. The van der Waals surface area contributed by atoms with E-state index in [1.165, 1.54) is 0 Å². The zero-order chi connectivity index (χ0) is 20.9. The van der Waals surface area contributed by atoms with Gasteiger partial charge in [-0.05, 0) is 31.0 Å². The Morgan fingerprint density at radius 1 is 1.07 bits per heavy atom. The molecule has 1 aromatic heterocycles. The van der Waals surface area contributed by atoms with Gasteiger partial charge in [0.1, 0.15) is 5.52 Å². The number of rotatable bonds is 5. The van der Waals surface area contributed by atoms with Crippen molar-refractivity contribution < 1.29 is 23.6 Å². The number of amides is 3. The Kier molecular flexibility index (Phi) is 5.74. The van der Waals surface area contributed by atoms with Crippen LogP contribution in [0.1, 0.15) is 36.0 Å². The van der Waals surface area contributed by atoms with Crippen molar-refractivity contribution in [3.05, 3.63) is 54.1 Å². The SMILES string of the molecule is O=C(COC(=O)c1ccc2noc(-c3ccccc3)c2c1)NC(=O)NC1CCCC1. The Bertz CT molecular complexity index is 1070. The van der Waals surface area contributed by atoms with Gasteiger partial charge in [-0.3, -0.25) is 10.1 Å². The van der Waals surface area contributed by atoms with Crippen LogP contribution in [0.4, 0.5) is 4.79 Å². The summed E-state index contributed by atoms with van der Waals surface area (Å²) < 4.78 is 10.5. The smallest absolute Gasteiger partial charge is 0.338 e. The van der Waals surface area contributed by atoms with Gasteiger partial charge in [-0.2, -0.15) is 0 Å². The fourth-order valence-corrected chi connectivity index (χ4v) is 3.53. The highest BCUT2D eigenvalue weighted by atomic mass is 16.5. The Morgan fingerprint density at radius 3 is 2.60 bits per heavy atom. The lowest BCUT2D eigenvalue weighted by molar-refractivity contribution is -0.123. The number of esters is 1. The average molecular weight is 407 g/mol. The number of benzene rings is 2. The number of nitrogens with one attached hydrogen (secondary N) is 2. The Hall–Kier alpha value is -3.68. The summed E-state index contributed by atoms with van der Waals surface area (Å²) in [6.07, 6.45) is 3.96. The van der Waals surface area contributed by atoms with Gasteiger partial charge in [0.25, 0.3) is 5.91 Å². The van der Waals surface area contributed by atoms with Crippen LogP contribution in [-0.4, -0.2) is 35.7 Å². The van der Waals surface area contributed by atoms with Crippen LogP contribution >= 0.6 is 0 Å². The number of ether oxygens (including phenoxy) is 1. The predicted molar refractivity (Wildman–Crippen MR) is 109 cm³/mol. The minimum atomic E-state index is -0.685. The van der Waals surface area contributed by atoms with Crippen LogP contribution in [0.15, 0.2) is 53.1 Å². The molecular weight excluding hydrogens is 386 g/mol. The van der Waals surface area contributed by atoms with E-state index in [2.05, 4.69) is 15.8 Å². The van der Waals surface area contributed by atoms with Crippen LogP contribution in [0.2, 0.25) is 0 Å². The van der Waals surface area contributed by atoms with Gasteiger partial charge in [0, 0.05) is 11.6 Å². The summed E-state index contributed by atoms with van der Waals surface area (Å²) in [7, 11) is 0. The standard InChI is InChI=1S/C22H21N3O5/c26-19(24-22(28)23-16-8-4-5-9-16)13-29-21(27)15-10-11-18-17(12-15)20(30-25-18)14-6-2-1-3-7-14/h1-3,6-7,10-12,16H,4-5,8-9,13H2,(H2,23,24,26,28). The van der Waals surface area contributed by atoms with E-state index in [-0.39, 0.29) is 11.6 Å². The molecule has 1 aliphatic rings. The number of hydrogen-bond acceptors (Lipinski definition) is 6. The summed E-state index contributed by atoms with van der Waals surface area (Å²) in [5.74, 6) is -0.820. The minimum Gasteiger partial charge on any atom is -0.452 e. The summed E-state index contributed by atoms with van der Waals surface area (Å²) in [6.45, 7) is -0.551. The second-order valence-electron chi connectivity index (χ2n) is 7.19. The van der Waals surface area contributed by atoms with E-state index < -0.39 is 24.5 Å². The summed E-state index contributed by atoms with van der Waals surface area (Å²) in [6, 6.07) is 13.7. The minimum absolute atomic E-state index is 0.0921. The average Bonchev–Trinajstić information content (AvgIpc) is 3.41. The Labute approximate surface area is 172 Å². The van der Waals surface area contributed by atoms with Crippen molar-refractivity contribution in [2.24, 2.45) is 0 Å². The Balaban J connectivity index is 1.37. The van der Waals surface area contributed by atoms with Gasteiger partial charge < -0.3 is 14.6 Å². The van der Waals surface area contributed by atoms with Crippen molar-refractivity contribution >= 4 is 28.8 Å². The molecule has 1 heterocycles. The molecule has 0 radical (unpaired) electrons. The number of imide groups is 1. The second-order valence-corrected chi connectivity index (χ2v) is 7.19. The van der Waals surface area contributed by atoms with Crippen LogP contribution in [0.25, 0.3) is 22.2 Å². The van der Waals surface area contributed by atoms with Crippen molar-refractivity contribution in [1.29, 1.82) is 0 Å². The molecular formula is C22H21N3O5. The molecule has 3 amide bonds. The van der Waals surface area contributed by atoms with E-state index in [1.807, 2.05) is 30.3 Å². The third kappa shape index (κ3) is 4.48. The third-order valence-electron chi connectivity index (χ3n) is 5.03. The Morgan fingerprint density at radius 2 is 1.83 bits per heavy atom. The lowest BCUT2D eigenvalue weighted by Crippen LogP contribution is -2.44. The molecule has 0 bridgehead atoms. The molecule has 30 heavy (non-hydrogen) atoms. The number of nitrogens with zero attached hydrogens (tertiary/aromatic N) is 1. The van der Waals surface area contributed by atoms with Crippen LogP contribution in [0, 0.1) is 0 Å². The van der Waals surface area contributed by atoms with Gasteiger partial charge in [-0.15, -0.1) is 0 Å². The first-order chi connectivity index (χ1) is 14.6. The first-order valence-corrected chi connectivity index (χ1v) is 9.82. The summed E-state index contributed by atoms with van der Waals surface area (Å²) in [5, 5.41) is 9.59. The molecule has 8 nitrogen and oxygen atoms in total. The fraction of sp³-hybridized carbons (Fsp3) is 0.273. The highest BCUT2D eigenvalue weighted by Crippen LogP contribution is 2.29. The van der Waals surface area contributed by atoms with Gasteiger partial charge in [-0.25, -0.2) is 9.59 Å². The lowest BCUT2D eigenvalue weighted by Gasteiger charge is -2.12. The molecule has 3 aromatic rings. The van der Waals surface area contributed by atoms with Crippen molar-refractivity contribution in [2.75, 3.05) is 6.61 Å². The monoisotopic (exact) mass is 407 g/mol. The van der Waals surface area contributed by atoms with Crippen LogP contribution in [0.5, 0.6) is 0 Å². The molecule has 1 aliphatic carbocycles. The molecule has 2 aromatic carbocycles. The molecule has 0 aliphatic heterocycles. The van der Waals surface area contributed by atoms with Crippen molar-refractivity contribution in [1.82, 2.24) is 15.8 Å². The van der Waals surface area contributed by atoms with Gasteiger partial charge in [0.15, 0.2) is 12.4 Å². The van der Waals surface area contributed by atoms with Crippen LogP contribution in [-0.2, 0) is 9.53 Å². The molecule has 1 fully saturated rings. The largest absolute Gasteiger partial charge is 0.452 e. The fourth-order valence-electron chi connectivity index (χ4n) is 3.53. The lowest BCUT2D eigenvalue weighted by atomic mass is 10.1. The number of carbonyl (C=O) groups excluding carboxylic acids is 3. The third-order valence-corrected chi connectivity index (χ3v) is 5.03. The van der Waals surface area contributed by atoms with Crippen LogP contribution in [0.3, 0.4) is 0 Å². The summed E-state index contributed by atoms with van der Waals surface area (Å²) in [4.78, 5) is 36.1. The molecule has 0 unspecified atom stereocenters. The van der Waals surface area contributed by atoms with Gasteiger partial charge in [0.05, 0.1) is 10.9 Å². The maximum absolute atomic E-state index is 12.4. The normalized spacial score (nSPS) is 13.9. The molecule has 154 valence electrons. The van der Waals surface area contributed by atoms with E-state index >= 15 is 0 Å². The summed E-state index contributed by atoms with van der Waals surface area (Å²) in [5.41, 5.74) is 1.69. The van der Waals surface area contributed by atoms with E-state index in [0.717, 1.165) is 31.2 Å². The molecule has 8 heteroatoms. The first-order valence-electron chi connectivity index (χ1n) is 9.82. The maximum atomic E-state index is 12.4. The highest BCUT2D eigenvalue weighted by Gasteiger charge is 2.19. The summed E-state index contributed by atoms with van der Waals surface area (Å²) >= 11 is 0. The van der Waals surface area contributed by atoms with E-state index in [1.54, 1.807) is 18.2 Å². The number of fused-ring (bicyclic) bond motifs is 1. The molecule has 0 spiro atoms. The highest BCUT2D eigenvalue weighted by molar-refractivity contribution is 6.00. The van der Waals surface area contributed by atoms with Crippen LogP contribution < -0.4 is 10.6 Å². The second kappa shape index (κ2) is 8.77. The van der Waals surface area contributed by atoms with Gasteiger partial charge in [0.2, 0.25) is 0 Å². The molecule has 1 saturated carbocycles. The van der Waals surface area contributed by atoms with Gasteiger partial charge in [-0.1, -0.05) is 48.3 Å². The van der Waals surface area contributed by atoms with Crippen molar-refractivity contribution in [3.8, 4) is 11.3 Å². The number of hydrogen-bond donors (Lipinski definition) is 2. The molecule has 0 atom stereocenters. The van der Waals surface area contributed by atoms with E-state index in [4.69, 9.17) is 9.26 Å². The maximum Gasteiger partial charge on any atom is 0.338 e. The number of aromatic nitrogens is 1. The number of carbonyl (C=O) groups is 3. The van der Waals surface area contributed by atoms with E-state index in [9.17, 15) is 14.4 Å². The van der Waals surface area contributed by atoms with E-state index in [0.29, 0.717) is 16.7 Å². The quantitative estimate of drug-likeness (QED) is 0.627. The number of urea groups is 1. The van der Waals surface area contributed by atoms with Crippen molar-refractivity contribution in [2.45, 2.75) is 31.7 Å². The topological polar surface area (TPSA) is 111 Å². The van der Waals surface area contributed by atoms with Gasteiger partial charge >= 0.3 is 12.0 Å². The first kappa shape index (κ1) is 19.6. The zero-order valence-electron chi connectivity index (χ0n) is 16.2. The molecule has 4 rings (SSSR count). The molecule has 2 N–H and O–H groups in total. The predicted octanol–water partition coefficient (Wildman–Crippen LogP) is 3.42. The molecule has 0 saturated heterocycles.